The molecule has 0 radical (unpaired) electrons. The van der Waals surface area contributed by atoms with Crippen molar-refractivity contribution >= 4 is 0 Å². The Morgan fingerprint density at radius 1 is 1.20 bits per heavy atom. The predicted molar refractivity (Wildman–Crippen MR) is 77.8 cm³/mol. The summed E-state index contributed by atoms with van der Waals surface area (Å²) in [5.74, 6) is 2.13. The number of halogens is 1. The lowest BCUT2D eigenvalue weighted by Gasteiger charge is -2.31. The molecule has 0 aromatic heterocycles. The highest BCUT2D eigenvalue weighted by Crippen LogP contribution is 2.60. The van der Waals surface area contributed by atoms with Gasteiger partial charge in [-0.1, -0.05) is 20.8 Å². The molecule has 0 amide bonds. The molecule has 1 N–H and O–H groups in total. The fraction of sp³-hybridized carbons (Fsp3) is 1.00. The molecular weight excluding hydrogens is 365 g/mol. The first-order chi connectivity index (χ1) is 8.63. The molecule has 2 aliphatic carbocycles. The molecule has 0 spiro atoms. The van der Waals surface area contributed by atoms with Crippen LogP contribution in [-0.2, 0) is 4.74 Å². The normalized spacial score (nSPS) is 36.8. The van der Waals surface area contributed by atoms with E-state index in [1.807, 2.05) is 0 Å². The number of rotatable bonds is 5. The van der Waals surface area contributed by atoms with Crippen molar-refractivity contribution in [2.24, 2.45) is 23.2 Å². The number of nitrogens with zero attached hydrogens (tertiary/aromatic N) is 1. The average molecular weight is 397 g/mol. The van der Waals surface area contributed by atoms with Gasteiger partial charge in [-0.25, -0.2) is 0 Å². The summed E-state index contributed by atoms with van der Waals surface area (Å²) in [6.07, 6.45) is 2.67. The van der Waals surface area contributed by atoms with Gasteiger partial charge in [0.05, 0.1) is 33.9 Å². The largest absolute Gasteiger partial charge is 1.00 e. The Bertz CT molecular complexity index is 327. The van der Waals surface area contributed by atoms with E-state index in [0.717, 1.165) is 16.9 Å². The zero-order valence-corrected chi connectivity index (χ0v) is 16.1. The van der Waals surface area contributed by atoms with Crippen LogP contribution in [0.2, 0.25) is 0 Å². The Kier molecular flexibility index (Phi) is 5.96. The van der Waals surface area contributed by atoms with Gasteiger partial charge in [0.1, 0.15) is 12.6 Å². The number of likely N-dealkylation sites (N-methyl/N-ethyl adjacent to an activating group) is 1. The molecule has 2 bridgehead atoms. The van der Waals surface area contributed by atoms with E-state index in [1.54, 1.807) is 0 Å². The lowest BCUT2D eigenvalue weighted by Crippen LogP contribution is -3.00. The van der Waals surface area contributed by atoms with Crippen LogP contribution in [0.1, 0.15) is 33.6 Å². The summed E-state index contributed by atoms with van der Waals surface area (Å²) in [7, 11) is 6.31. The lowest BCUT2D eigenvalue weighted by atomic mass is 9.80. The van der Waals surface area contributed by atoms with Gasteiger partial charge in [-0.2, -0.15) is 0 Å². The first kappa shape index (κ1) is 18.7. The maximum atomic E-state index is 10.1. The van der Waals surface area contributed by atoms with Gasteiger partial charge >= 0.3 is 0 Å². The van der Waals surface area contributed by atoms with E-state index in [0.29, 0.717) is 30.0 Å². The standard InChI is InChI=1S/C16H32NO2.HI/c1-11-13-7-8-14(16(13,2)3)15(11)19-10-12(18)9-17(4,5)6;/h11-15,18H,7-10H2,1-6H3;1H/q+1;/p-1. The Labute approximate surface area is 141 Å². The molecule has 0 aliphatic heterocycles. The second kappa shape index (κ2) is 6.39. The zero-order chi connectivity index (χ0) is 14.4. The fourth-order valence-electron chi connectivity index (χ4n) is 4.68. The molecule has 0 aromatic carbocycles. The van der Waals surface area contributed by atoms with Crippen LogP contribution in [0.3, 0.4) is 0 Å². The molecule has 120 valence electrons. The van der Waals surface area contributed by atoms with Crippen molar-refractivity contribution in [1.82, 2.24) is 0 Å². The Hall–Kier alpha value is 0.610. The summed E-state index contributed by atoms with van der Waals surface area (Å²) in [6.45, 7) is 8.38. The van der Waals surface area contributed by atoms with Crippen LogP contribution in [0.15, 0.2) is 0 Å². The third kappa shape index (κ3) is 3.68. The smallest absolute Gasteiger partial charge is 0.126 e. The van der Waals surface area contributed by atoms with Gasteiger partial charge < -0.3 is 38.3 Å². The Morgan fingerprint density at radius 2 is 1.75 bits per heavy atom. The molecule has 3 nitrogen and oxygen atoms in total. The first-order valence-electron chi connectivity index (χ1n) is 7.73. The molecule has 4 heteroatoms. The number of ether oxygens (including phenoxy) is 1. The third-order valence-electron chi connectivity index (χ3n) is 5.49. The highest BCUT2D eigenvalue weighted by atomic mass is 127. The zero-order valence-electron chi connectivity index (χ0n) is 13.9. The summed E-state index contributed by atoms with van der Waals surface area (Å²) in [6, 6.07) is 0. The van der Waals surface area contributed by atoms with Crippen LogP contribution in [0.5, 0.6) is 0 Å². The van der Waals surface area contributed by atoms with E-state index in [-0.39, 0.29) is 30.1 Å². The lowest BCUT2D eigenvalue weighted by molar-refractivity contribution is -0.873. The van der Waals surface area contributed by atoms with Crippen molar-refractivity contribution in [3.05, 3.63) is 0 Å². The molecule has 2 aliphatic rings. The van der Waals surface area contributed by atoms with Crippen molar-refractivity contribution in [3.63, 3.8) is 0 Å². The number of hydrogen-bond donors (Lipinski definition) is 1. The summed E-state index contributed by atoms with van der Waals surface area (Å²) in [4.78, 5) is 0. The summed E-state index contributed by atoms with van der Waals surface area (Å²) in [5.41, 5.74) is 0.426. The number of fused-ring (bicyclic) bond motifs is 2. The second-order valence-corrected chi connectivity index (χ2v) is 8.40. The molecule has 2 fully saturated rings. The Balaban J connectivity index is 0.00000200. The maximum absolute atomic E-state index is 10.1. The SMILES string of the molecule is CC1C(OCC(O)C[N+](C)(C)C)C2CCC1C2(C)C.[I-]. The number of hydrogen-bond acceptors (Lipinski definition) is 2. The van der Waals surface area contributed by atoms with Gasteiger partial charge in [0.15, 0.2) is 0 Å². The van der Waals surface area contributed by atoms with Crippen LogP contribution in [0.4, 0.5) is 0 Å². The third-order valence-corrected chi connectivity index (χ3v) is 5.49. The second-order valence-electron chi connectivity index (χ2n) is 8.40. The van der Waals surface area contributed by atoms with Crippen molar-refractivity contribution in [2.75, 3.05) is 34.3 Å². The molecule has 20 heavy (non-hydrogen) atoms. The minimum atomic E-state index is -0.352. The van der Waals surface area contributed by atoms with Gasteiger partial charge in [-0.15, -0.1) is 0 Å². The molecular formula is C16H32INO2. The van der Waals surface area contributed by atoms with E-state index < -0.39 is 0 Å². The molecule has 0 aromatic rings. The van der Waals surface area contributed by atoms with Gasteiger partial charge in [0.25, 0.3) is 0 Å². The van der Waals surface area contributed by atoms with Crippen LogP contribution in [0, 0.1) is 23.2 Å². The van der Waals surface area contributed by atoms with Crippen LogP contribution in [-0.4, -0.2) is 56.1 Å². The van der Waals surface area contributed by atoms with E-state index in [9.17, 15) is 5.11 Å². The van der Waals surface area contributed by atoms with Crippen LogP contribution >= 0.6 is 0 Å². The molecule has 5 atom stereocenters. The average Bonchev–Trinajstić information content (AvgIpc) is 2.60. The van der Waals surface area contributed by atoms with Crippen molar-refractivity contribution in [2.45, 2.75) is 45.8 Å². The minimum absolute atomic E-state index is 0. The minimum Gasteiger partial charge on any atom is -1.00 e. The number of aliphatic hydroxyl groups excluding tert-OH is 1. The fourth-order valence-corrected chi connectivity index (χ4v) is 4.68. The quantitative estimate of drug-likeness (QED) is 0.484. The molecule has 5 unspecified atom stereocenters. The van der Waals surface area contributed by atoms with Gasteiger partial charge in [0.2, 0.25) is 0 Å². The summed E-state index contributed by atoms with van der Waals surface area (Å²) in [5, 5.41) is 10.1. The maximum Gasteiger partial charge on any atom is 0.126 e. The van der Waals surface area contributed by atoms with Crippen molar-refractivity contribution in [3.8, 4) is 0 Å². The highest BCUT2D eigenvalue weighted by molar-refractivity contribution is 5.06. The van der Waals surface area contributed by atoms with E-state index in [2.05, 4.69) is 41.9 Å². The van der Waals surface area contributed by atoms with Crippen LogP contribution in [0.25, 0.3) is 0 Å². The van der Waals surface area contributed by atoms with Gasteiger partial charge in [-0.3, -0.25) is 0 Å². The van der Waals surface area contributed by atoms with Gasteiger partial charge in [0, 0.05) is 0 Å². The van der Waals surface area contributed by atoms with Crippen molar-refractivity contribution < 1.29 is 38.3 Å². The Morgan fingerprint density at radius 3 is 2.20 bits per heavy atom. The summed E-state index contributed by atoms with van der Waals surface area (Å²) >= 11 is 0. The monoisotopic (exact) mass is 397 g/mol. The molecule has 0 heterocycles. The topological polar surface area (TPSA) is 29.5 Å². The molecule has 2 saturated carbocycles. The number of aliphatic hydroxyl groups is 1. The van der Waals surface area contributed by atoms with E-state index in [1.165, 1.54) is 12.8 Å². The predicted octanol–water partition coefficient (Wildman–Crippen LogP) is -0.855. The van der Waals surface area contributed by atoms with Crippen molar-refractivity contribution in [1.29, 1.82) is 0 Å². The van der Waals surface area contributed by atoms with E-state index in [4.69, 9.17) is 4.74 Å². The molecule has 2 rings (SSSR count). The highest BCUT2D eigenvalue weighted by Gasteiger charge is 2.57. The molecule has 0 saturated heterocycles. The first-order valence-corrected chi connectivity index (χ1v) is 7.73. The summed E-state index contributed by atoms with van der Waals surface area (Å²) < 4.78 is 6.91. The van der Waals surface area contributed by atoms with Gasteiger partial charge in [-0.05, 0) is 36.0 Å². The number of quaternary nitrogens is 1. The van der Waals surface area contributed by atoms with Crippen LogP contribution < -0.4 is 24.0 Å². The van der Waals surface area contributed by atoms with E-state index >= 15 is 0 Å².